The van der Waals surface area contributed by atoms with Crippen molar-refractivity contribution in [2.45, 2.75) is 32.1 Å². The van der Waals surface area contributed by atoms with Gasteiger partial charge in [0.1, 0.15) is 0 Å². The lowest BCUT2D eigenvalue weighted by Gasteiger charge is -2.40. The molecule has 0 bridgehead atoms. The molecule has 188 valence electrons. The summed E-state index contributed by atoms with van der Waals surface area (Å²) in [6, 6.07) is 9.75. The Kier molecular flexibility index (Phi) is 9.89. The summed E-state index contributed by atoms with van der Waals surface area (Å²) in [5.74, 6) is 2.77. The minimum atomic E-state index is -0.163. The monoisotopic (exact) mass is 492 g/mol. The third-order valence-corrected chi connectivity index (χ3v) is 6.18. The van der Waals surface area contributed by atoms with Crippen molar-refractivity contribution in [1.29, 1.82) is 0 Å². The van der Waals surface area contributed by atoms with E-state index >= 15 is 0 Å². The van der Waals surface area contributed by atoms with Gasteiger partial charge in [-0.05, 0) is 61.3 Å². The molecule has 1 amide bonds. The van der Waals surface area contributed by atoms with Gasteiger partial charge in [0.05, 0.1) is 28.4 Å². The zero-order chi connectivity index (χ0) is 24.0. The van der Waals surface area contributed by atoms with E-state index in [1.165, 1.54) is 5.56 Å². The van der Waals surface area contributed by atoms with Crippen LogP contribution >= 0.6 is 12.4 Å². The summed E-state index contributed by atoms with van der Waals surface area (Å²) in [4.78, 5) is 15.1. The Hall–Kier alpha value is -2.64. The van der Waals surface area contributed by atoms with Crippen LogP contribution in [0.3, 0.4) is 0 Å². The van der Waals surface area contributed by atoms with Crippen LogP contribution in [0.15, 0.2) is 30.3 Å². The Morgan fingerprint density at radius 1 is 0.882 bits per heavy atom. The highest BCUT2D eigenvalue weighted by molar-refractivity contribution is 5.98. The molecule has 0 radical (unpaired) electrons. The number of benzene rings is 2. The molecule has 2 aromatic carbocycles. The molecule has 0 saturated heterocycles. The van der Waals surface area contributed by atoms with Gasteiger partial charge in [-0.25, -0.2) is 0 Å². The molecule has 0 aromatic heterocycles. The zero-order valence-electron chi connectivity index (χ0n) is 21.0. The summed E-state index contributed by atoms with van der Waals surface area (Å²) in [6.07, 6.45) is 1.78. The first-order chi connectivity index (χ1) is 15.8. The van der Waals surface area contributed by atoms with Crippen molar-refractivity contribution in [3.63, 3.8) is 0 Å². The summed E-state index contributed by atoms with van der Waals surface area (Å²) in [7, 11) is 6.49. The van der Waals surface area contributed by atoms with Gasteiger partial charge in [0.15, 0.2) is 23.0 Å². The van der Waals surface area contributed by atoms with Crippen molar-refractivity contribution >= 4 is 18.3 Å². The van der Waals surface area contributed by atoms with Crippen LogP contribution in [-0.2, 0) is 11.8 Å². The van der Waals surface area contributed by atoms with E-state index < -0.39 is 0 Å². The van der Waals surface area contributed by atoms with Crippen molar-refractivity contribution in [3.8, 4) is 23.0 Å². The number of nitrogens with one attached hydrogen (secondary N) is 1. The van der Waals surface area contributed by atoms with Gasteiger partial charge in [-0.2, -0.15) is 0 Å². The van der Waals surface area contributed by atoms with E-state index in [0.29, 0.717) is 30.2 Å². The number of ether oxygens (including phenoxy) is 4. The molecular formula is C26H37ClN2O5. The van der Waals surface area contributed by atoms with Crippen molar-refractivity contribution in [3.05, 3.63) is 47.0 Å². The largest absolute Gasteiger partial charge is 0.493 e. The number of hydrogen-bond donors (Lipinski definition) is 1. The summed E-state index contributed by atoms with van der Waals surface area (Å²) < 4.78 is 21.5. The van der Waals surface area contributed by atoms with Crippen LogP contribution in [0.2, 0.25) is 0 Å². The molecule has 34 heavy (non-hydrogen) atoms. The molecule has 0 unspecified atom stereocenters. The quantitative estimate of drug-likeness (QED) is 0.476. The first-order valence-electron chi connectivity index (χ1n) is 11.3. The Balaban J connectivity index is 0.00000408. The van der Waals surface area contributed by atoms with Crippen LogP contribution in [0.25, 0.3) is 0 Å². The number of carbonyl (C=O) groups is 1. The fourth-order valence-corrected chi connectivity index (χ4v) is 4.39. The smallest absolute Gasteiger partial charge is 0.254 e. The van der Waals surface area contributed by atoms with Crippen LogP contribution in [0.1, 0.15) is 41.8 Å². The highest BCUT2D eigenvalue weighted by Gasteiger charge is 2.37. The Morgan fingerprint density at radius 2 is 1.50 bits per heavy atom. The van der Waals surface area contributed by atoms with Gasteiger partial charge in [-0.15, -0.1) is 12.4 Å². The van der Waals surface area contributed by atoms with Gasteiger partial charge in [0.2, 0.25) is 0 Å². The molecule has 2 aromatic rings. The second-order valence-electron chi connectivity index (χ2n) is 8.91. The number of halogens is 1. The molecule has 1 N–H and O–H groups in total. The van der Waals surface area contributed by atoms with Crippen LogP contribution in [-0.4, -0.2) is 65.4 Å². The average Bonchev–Trinajstić information content (AvgIpc) is 2.82. The van der Waals surface area contributed by atoms with Gasteiger partial charge in [-0.1, -0.05) is 19.9 Å². The van der Waals surface area contributed by atoms with Crippen LogP contribution in [0.5, 0.6) is 23.0 Å². The Bertz CT molecular complexity index is 980. The van der Waals surface area contributed by atoms with Gasteiger partial charge in [0.25, 0.3) is 5.91 Å². The van der Waals surface area contributed by atoms with Crippen LogP contribution < -0.4 is 24.3 Å². The number of amides is 1. The van der Waals surface area contributed by atoms with Gasteiger partial charge in [0, 0.05) is 24.1 Å². The maximum atomic E-state index is 13.2. The van der Waals surface area contributed by atoms with E-state index in [-0.39, 0.29) is 23.7 Å². The minimum Gasteiger partial charge on any atom is -0.493 e. The van der Waals surface area contributed by atoms with E-state index in [4.69, 9.17) is 18.9 Å². The van der Waals surface area contributed by atoms with E-state index in [2.05, 4.69) is 25.2 Å². The van der Waals surface area contributed by atoms with E-state index in [0.717, 1.165) is 43.0 Å². The predicted octanol–water partition coefficient (Wildman–Crippen LogP) is 4.10. The Labute approximate surface area is 209 Å². The third-order valence-electron chi connectivity index (χ3n) is 6.18. The minimum absolute atomic E-state index is 0. The zero-order valence-corrected chi connectivity index (χ0v) is 21.8. The fourth-order valence-electron chi connectivity index (χ4n) is 4.39. The predicted molar refractivity (Wildman–Crippen MR) is 136 cm³/mol. The molecule has 7 nitrogen and oxygen atoms in total. The number of nitrogens with zero attached hydrogens (tertiary/aromatic N) is 1. The Morgan fingerprint density at radius 3 is 2.15 bits per heavy atom. The fraction of sp³-hybridized carbons (Fsp3) is 0.500. The highest BCUT2D eigenvalue weighted by Crippen LogP contribution is 2.40. The lowest BCUT2D eigenvalue weighted by Crippen LogP contribution is -2.47. The first kappa shape index (κ1) is 27.6. The van der Waals surface area contributed by atoms with Crippen molar-refractivity contribution in [2.24, 2.45) is 0 Å². The molecule has 0 fully saturated rings. The molecule has 0 atom stereocenters. The maximum absolute atomic E-state index is 13.2. The number of fused-ring (bicyclic) bond motifs is 1. The molecular weight excluding hydrogens is 456 g/mol. The van der Waals surface area contributed by atoms with Crippen molar-refractivity contribution < 1.29 is 23.7 Å². The standard InChI is InChI=1S/C26H36N2O5.ClH/c1-26(2)17-28(25(29)19-15-23(32-5)24(33-6)16-20(19)26)13-7-11-27-12-10-18-8-9-21(30-3)22(14-18)31-4;/h8-9,14-16,27H,7,10-13,17H2,1-6H3;1H. The van der Waals surface area contributed by atoms with E-state index in [1.807, 2.05) is 29.2 Å². The molecule has 8 heteroatoms. The molecule has 0 aliphatic carbocycles. The molecule has 1 heterocycles. The number of hydrogen-bond acceptors (Lipinski definition) is 6. The highest BCUT2D eigenvalue weighted by atomic mass is 35.5. The topological polar surface area (TPSA) is 69.3 Å². The van der Waals surface area contributed by atoms with Gasteiger partial charge < -0.3 is 29.2 Å². The summed E-state index contributed by atoms with van der Waals surface area (Å²) in [5.41, 5.74) is 2.73. The molecule has 0 saturated carbocycles. The number of methoxy groups -OCH3 is 4. The summed E-state index contributed by atoms with van der Waals surface area (Å²) in [6.45, 7) is 7.42. The normalized spacial score (nSPS) is 14.2. The lowest BCUT2D eigenvalue weighted by atomic mass is 9.77. The second-order valence-corrected chi connectivity index (χ2v) is 8.91. The van der Waals surface area contributed by atoms with Gasteiger partial charge in [-0.3, -0.25) is 4.79 Å². The van der Waals surface area contributed by atoms with Crippen LogP contribution in [0.4, 0.5) is 0 Å². The summed E-state index contributed by atoms with van der Waals surface area (Å²) >= 11 is 0. The van der Waals surface area contributed by atoms with Gasteiger partial charge >= 0.3 is 0 Å². The van der Waals surface area contributed by atoms with Crippen LogP contribution in [0, 0.1) is 0 Å². The van der Waals surface area contributed by atoms with Crippen molar-refractivity contribution in [1.82, 2.24) is 10.2 Å². The maximum Gasteiger partial charge on any atom is 0.254 e. The molecule has 1 aliphatic heterocycles. The van der Waals surface area contributed by atoms with E-state index in [1.54, 1.807) is 28.4 Å². The molecule has 3 rings (SSSR count). The third kappa shape index (κ3) is 6.07. The molecule has 0 spiro atoms. The number of rotatable bonds is 11. The second kappa shape index (κ2) is 12.2. The SMILES string of the molecule is COc1ccc(CCNCCCN2CC(C)(C)c3cc(OC)c(OC)cc3C2=O)cc1OC.Cl. The summed E-state index contributed by atoms with van der Waals surface area (Å²) in [5, 5.41) is 3.48. The first-order valence-corrected chi connectivity index (χ1v) is 11.3. The van der Waals surface area contributed by atoms with E-state index in [9.17, 15) is 4.79 Å². The number of carbonyl (C=O) groups excluding carboxylic acids is 1. The van der Waals surface area contributed by atoms with Crippen molar-refractivity contribution in [2.75, 3.05) is 54.6 Å². The molecule has 1 aliphatic rings. The average molecular weight is 493 g/mol. The lowest BCUT2D eigenvalue weighted by molar-refractivity contribution is 0.0685.